The number of aromatic nitrogens is 2. The molecule has 0 fully saturated rings. The highest BCUT2D eigenvalue weighted by molar-refractivity contribution is 7.89. The molecule has 2 rings (SSSR count). The molecule has 21 heavy (non-hydrogen) atoms. The Hall–Kier alpha value is -1.99. The van der Waals surface area contributed by atoms with Gasteiger partial charge in [-0.3, -0.25) is 4.98 Å². The van der Waals surface area contributed by atoms with E-state index in [0.29, 0.717) is 24.7 Å². The van der Waals surface area contributed by atoms with Crippen LogP contribution >= 0.6 is 0 Å². The lowest BCUT2D eigenvalue weighted by Crippen LogP contribution is -2.30. The Morgan fingerprint density at radius 2 is 1.90 bits per heavy atom. The van der Waals surface area contributed by atoms with Gasteiger partial charge in [0, 0.05) is 25.4 Å². The summed E-state index contributed by atoms with van der Waals surface area (Å²) in [6, 6.07) is 6.51. The van der Waals surface area contributed by atoms with Crippen LogP contribution in [0.2, 0.25) is 0 Å². The molecule has 0 bridgehead atoms. The fourth-order valence-electron chi connectivity index (χ4n) is 1.82. The molecule has 6 nitrogen and oxygen atoms in total. The van der Waals surface area contributed by atoms with Crippen molar-refractivity contribution in [3.63, 3.8) is 0 Å². The molecule has 2 heterocycles. The van der Waals surface area contributed by atoms with Crippen molar-refractivity contribution in [1.29, 1.82) is 0 Å². The van der Waals surface area contributed by atoms with Crippen LogP contribution in [0.4, 0.5) is 0 Å². The van der Waals surface area contributed by atoms with Crippen molar-refractivity contribution in [3.05, 3.63) is 42.9 Å². The van der Waals surface area contributed by atoms with E-state index < -0.39 is 10.0 Å². The first-order valence-electron chi connectivity index (χ1n) is 6.62. The summed E-state index contributed by atoms with van der Waals surface area (Å²) in [6.07, 6.45) is 4.50. The van der Waals surface area contributed by atoms with Crippen molar-refractivity contribution in [1.82, 2.24) is 14.3 Å². The molecule has 0 aromatic carbocycles. The Kier molecular flexibility index (Phi) is 4.87. The van der Waals surface area contributed by atoms with Crippen molar-refractivity contribution in [2.75, 3.05) is 13.1 Å². The molecule has 2 aromatic heterocycles. The Bertz CT molecular complexity index is 668. The summed E-state index contributed by atoms with van der Waals surface area (Å²) in [6.45, 7) is 4.45. The maximum atomic E-state index is 12.3. The van der Waals surface area contributed by atoms with Gasteiger partial charge in [-0.25, -0.2) is 13.4 Å². The van der Waals surface area contributed by atoms with Crippen molar-refractivity contribution in [2.45, 2.75) is 18.7 Å². The number of pyridine rings is 2. The van der Waals surface area contributed by atoms with Gasteiger partial charge >= 0.3 is 0 Å². The van der Waals surface area contributed by atoms with Gasteiger partial charge in [-0.05, 0) is 18.2 Å². The molecule has 0 N–H and O–H groups in total. The second-order valence-electron chi connectivity index (χ2n) is 4.21. The summed E-state index contributed by atoms with van der Waals surface area (Å²) in [7, 11) is -3.49. The lowest BCUT2D eigenvalue weighted by Gasteiger charge is -2.18. The SMILES string of the molecule is CCN(CC)S(=O)(=O)c1ccc(Oc2cccnc2)nc1. The van der Waals surface area contributed by atoms with E-state index in [-0.39, 0.29) is 4.90 Å². The van der Waals surface area contributed by atoms with Gasteiger partial charge in [0.25, 0.3) is 0 Å². The monoisotopic (exact) mass is 307 g/mol. The Morgan fingerprint density at radius 1 is 1.14 bits per heavy atom. The predicted octanol–water partition coefficient (Wildman–Crippen LogP) is 2.30. The van der Waals surface area contributed by atoms with Crippen LogP contribution in [0.1, 0.15) is 13.8 Å². The van der Waals surface area contributed by atoms with Crippen molar-refractivity contribution in [3.8, 4) is 11.6 Å². The van der Waals surface area contributed by atoms with Crippen LogP contribution in [0.25, 0.3) is 0 Å². The van der Waals surface area contributed by atoms with Gasteiger partial charge in [-0.15, -0.1) is 0 Å². The molecule has 0 atom stereocenters. The third kappa shape index (κ3) is 3.56. The van der Waals surface area contributed by atoms with Crippen LogP contribution < -0.4 is 4.74 Å². The average Bonchev–Trinajstić information content (AvgIpc) is 2.50. The number of ether oxygens (including phenoxy) is 1. The molecular weight excluding hydrogens is 290 g/mol. The number of hydrogen-bond acceptors (Lipinski definition) is 5. The minimum Gasteiger partial charge on any atom is -0.437 e. The van der Waals surface area contributed by atoms with E-state index in [1.807, 2.05) is 0 Å². The lowest BCUT2D eigenvalue weighted by molar-refractivity contribution is 0.443. The van der Waals surface area contributed by atoms with Crippen LogP contribution in [0.5, 0.6) is 11.6 Å². The van der Waals surface area contributed by atoms with Gasteiger partial charge in [0.1, 0.15) is 10.6 Å². The maximum absolute atomic E-state index is 12.3. The molecule has 0 aliphatic heterocycles. The molecule has 0 spiro atoms. The molecule has 0 unspecified atom stereocenters. The molecule has 2 aromatic rings. The largest absolute Gasteiger partial charge is 0.437 e. The zero-order valence-electron chi connectivity index (χ0n) is 11.9. The van der Waals surface area contributed by atoms with E-state index in [9.17, 15) is 8.42 Å². The smallest absolute Gasteiger partial charge is 0.244 e. The van der Waals surface area contributed by atoms with Gasteiger partial charge in [0.2, 0.25) is 15.9 Å². The standard InChI is InChI=1S/C14H17N3O3S/c1-3-17(4-2)21(18,19)13-7-8-14(16-11-13)20-12-6-5-9-15-10-12/h5-11H,3-4H2,1-2H3. The van der Waals surface area contributed by atoms with Gasteiger partial charge in [0.05, 0.1) is 12.4 Å². The predicted molar refractivity (Wildman–Crippen MR) is 78.7 cm³/mol. The summed E-state index contributed by atoms with van der Waals surface area (Å²) >= 11 is 0. The van der Waals surface area contributed by atoms with E-state index in [0.717, 1.165) is 0 Å². The van der Waals surface area contributed by atoms with Crippen molar-refractivity contribution >= 4 is 10.0 Å². The Balaban J connectivity index is 2.19. The summed E-state index contributed by atoms with van der Waals surface area (Å²) < 4.78 is 31.5. The fraction of sp³-hybridized carbons (Fsp3) is 0.286. The van der Waals surface area contributed by atoms with Gasteiger partial charge in [0.15, 0.2) is 0 Å². The first-order chi connectivity index (χ1) is 10.1. The second-order valence-corrected chi connectivity index (χ2v) is 6.15. The average molecular weight is 307 g/mol. The lowest BCUT2D eigenvalue weighted by atomic mass is 10.4. The van der Waals surface area contributed by atoms with Crippen molar-refractivity contribution in [2.24, 2.45) is 0 Å². The normalized spacial score (nSPS) is 11.6. The van der Waals surface area contributed by atoms with Crippen LogP contribution in [0, 0.1) is 0 Å². The zero-order chi connectivity index (χ0) is 15.3. The molecule has 0 aliphatic carbocycles. The molecule has 0 amide bonds. The second kappa shape index (κ2) is 6.64. The molecule has 7 heteroatoms. The number of nitrogens with zero attached hydrogens (tertiary/aromatic N) is 3. The third-order valence-electron chi connectivity index (χ3n) is 2.91. The molecule has 112 valence electrons. The van der Waals surface area contributed by atoms with E-state index in [1.165, 1.54) is 22.6 Å². The number of hydrogen-bond donors (Lipinski definition) is 0. The quantitative estimate of drug-likeness (QED) is 0.819. The topological polar surface area (TPSA) is 72.4 Å². The zero-order valence-corrected chi connectivity index (χ0v) is 12.7. The Labute approximate surface area is 124 Å². The van der Waals surface area contributed by atoms with Gasteiger partial charge in [-0.1, -0.05) is 13.8 Å². The van der Waals surface area contributed by atoms with Crippen LogP contribution in [0.15, 0.2) is 47.8 Å². The van der Waals surface area contributed by atoms with E-state index in [1.54, 1.807) is 38.4 Å². The van der Waals surface area contributed by atoms with Gasteiger partial charge in [-0.2, -0.15) is 4.31 Å². The first-order valence-corrected chi connectivity index (χ1v) is 8.06. The highest BCUT2D eigenvalue weighted by atomic mass is 32.2. The van der Waals surface area contributed by atoms with Crippen LogP contribution in [-0.2, 0) is 10.0 Å². The molecule has 0 saturated carbocycles. The Morgan fingerprint density at radius 3 is 2.43 bits per heavy atom. The van der Waals surface area contributed by atoms with Crippen molar-refractivity contribution < 1.29 is 13.2 Å². The molecule has 0 aliphatic rings. The van der Waals surface area contributed by atoms with E-state index in [2.05, 4.69) is 9.97 Å². The highest BCUT2D eigenvalue weighted by Gasteiger charge is 2.21. The van der Waals surface area contributed by atoms with Crippen LogP contribution in [0.3, 0.4) is 0 Å². The highest BCUT2D eigenvalue weighted by Crippen LogP contribution is 2.20. The molecule has 0 saturated heterocycles. The summed E-state index contributed by atoms with van der Waals surface area (Å²) in [5, 5.41) is 0. The first kappa shape index (κ1) is 15.4. The van der Waals surface area contributed by atoms with E-state index >= 15 is 0 Å². The number of sulfonamides is 1. The van der Waals surface area contributed by atoms with Crippen LogP contribution in [-0.4, -0.2) is 35.8 Å². The van der Waals surface area contributed by atoms with E-state index in [4.69, 9.17) is 4.74 Å². The summed E-state index contributed by atoms with van der Waals surface area (Å²) in [4.78, 5) is 8.12. The minimum absolute atomic E-state index is 0.157. The molecule has 0 radical (unpaired) electrons. The summed E-state index contributed by atoms with van der Waals surface area (Å²) in [5.41, 5.74) is 0. The fourth-order valence-corrected chi connectivity index (χ4v) is 3.22. The molecular formula is C14H17N3O3S. The summed E-state index contributed by atoms with van der Waals surface area (Å²) in [5.74, 6) is 0.867. The third-order valence-corrected chi connectivity index (χ3v) is 4.94. The van der Waals surface area contributed by atoms with Gasteiger partial charge < -0.3 is 4.74 Å². The maximum Gasteiger partial charge on any atom is 0.244 e. The minimum atomic E-state index is -3.49. The number of rotatable bonds is 6.